The van der Waals surface area contributed by atoms with Crippen LogP contribution >= 0.6 is 0 Å². The van der Waals surface area contributed by atoms with Crippen molar-refractivity contribution in [1.29, 1.82) is 0 Å². The smallest absolute Gasteiger partial charge is 0.313 e. The van der Waals surface area contributed by atoms with Crippen LogP contribution in [0.1, 0.15) is 78.4 Å². The van der Waals surface area contributed by atoms with Gasteiger partial charge >= 0.3 is 5.97 Å². The Labute approximate surface area is 273 Å². The van der Waals surface area contributed by atoms with Crippen LogP contribution in [0.25, 0.3) is 0 Å². The van der Waals surface area contributed by atoms with Gasteiger partial charge in [0.2, 0.25) is 17.7 Å². The van der Waals surface area contributed by atoms with Crippen LogP contribution in [0.3, 0.4) is 0 Å². The first-order valence-electron chi connectivity index (χ1n) is 16.5. The van der Waals surface area contributed by atoms with Crippen LogP contribution in [0.4, 0.5) is 0 Å². The molecule has 1 spiro atoms. The minimum absolute atomic E-state index is 0.0596. The topological polar surface area (TPSA) is 125 Å². The Morgan fingerprint density at radius 2 is 1.89 bits per heavy atom. The molecule has 0 aliphatic carbocycles. The molecule has 0 saturated carbocycles. The third-order valence-corrected chi connectivity index (χ3v) is 9.47. The first-order valence-corrected chi connectivity index (χ1v) is 16.5. The summed E-state index contributed by atoms with van der Waals surface area (Å²) >= 11 is 0. The minimum Gasteiger partial charge on any atom is -0.455 e. The van der Waals surface area contributed by atoms with E-state index >= 15 is 0 Å². The molecule has 4 rings (SSSR count). The van der Waals surface area contributed by atoms with Crippen molar-refractivity contribution in [2.24, 2.45) is 17.8 Å². The Morgan fingerprint density at radius 3 is 2.48 bits per heavy atom. The summed E-state index contributed by atoms with van der Waals surface area (Å²) in [6.07, 6.45) is 4.11. The van der Waals surface area contributed by atoms with Crippen LogP contribution in [0.15, 0.2) is 55.6 Å². The van der Waals surface area contributed by atoms with Gasteiger partial charge in [-0.1, -0.05) is 56.3 Å². The molecule has 7 atom stereocenters. The van der Waals surface area contributed by atoms with E-state index in [0.29, 0.717) is 31.2 Å². The fraction of sp³-hybridized carbons (Fsp3) is 0.611. The number of likely N-dealkylation sites (tertiary alicyclic amines) is 1. The van der Waals surface area contributed by atoms with Crippen LogP contribution in [-0.2, 0) is 28.7 Å². The van der Waals surface area contributed by atoms with Crippen LogP contribution in [0.5, 0.6) is 0 Å². The number of rotatable bonds is 15. The summed E-state index contributed by atoms with van der Waals surface area (Å²) in [6.45, 7) is 17.3. The highest BCUT2D eigenvalue weighted by Crippen LogP contribution is 2.59. The first-order chi connectivity index (χ1) is 21.8. The van der Waals surface area contributed by atoms with Crippen LogP contribution in [0, 0.1) is 17.8 Å². The highest BCUT2D eigenvalue weighted by Gasteiger charge is 2.76. The maximum Gasteiger partial charge on any atom is 0.313 e. The number of esters is 1. The van der Waals surface area contributed by atoms with E-state index in [1.54, 1.807) is 17.1 Å². The number of amides is 3. The van der Waals surface area contributed by atoms with Gasteiger partial charge < -0.3 is 29.7 Å². The predicted molar refractivity (Wildman–Crippen MR) is 174 cm³/mol. The van der Waals surface area contributed by atoms with Crippen molar-refractivity contribution in [2.45, 2.75) is 102 Å². The number of hydrogen-bond acceptors (Lipinski definition) is 7. The minimum atomic E-state index is -1.24. The Bertz CT molecular complexity index is 1290. The van der Waals surface area contributed by atoms with Gasteiger partial charge in [-0.05, 0) is 57.9 Å². The summed E-state index contributed by atoms with van der Waals surface area (Å²) in [5, 5.41) is 13.4. The molecular formula is C36H51N3O7. The number of benzene rings is 1. The molecule has 3 aliphatic rings. The van der Waals surface area contributed by atoms with Crippen molar-refractivity contribution in [2.75, 3.05) is 19.7 Å². The molecule has 0 aromatic heterocycles. The van der Waals surface area contributed by atoms with Crippen LogP contribution in [-0.4, -0.2) is 87.6 Å². The highest BCUT2D eigenvalue weighted by molar-refractivity contribution is 5.98. The van der Waals surface area contributed by atoms with Gasteiger partial charge in [-0.3, -0.25) is 19.2 Å². The summed E-state index contributed by atoms with van der Waals surface area (Å²) in [5.74, 6) is -3.20. The number of carbonyl (C=O) groups is 4. The van der Waals surface area contributed by atoms with Crippen molar-refractivity contribution in [1.82, 2.24) is 15.1 Å². The second-order valence-corrected chi connectivity index (χ2v) is 14.1. The summed E-state index contributed by atoms with van der Waals surface area (Å²) in [6, 6.07) is 7.50. The zero-order chi connectivity index (χ0) is 33.8. The number of allylic oxidation sites excluding steroid dienone is 1. The van der Waals surface area contributed by atoms with Crippen molar-refractivity contribution in [3.8, 4) is 0 Å². The molecule has 2 bridgehead atoms. The Morgan fingerprint density at radius 1 is 1.20 bits per heavy atom. The van der Waals surface area contributed by atoms with Crippen molar-refractivity contribution < 1.29 is 33.8 Å². The predicted octanol–water partition coefficient (Wildman–Crippen LogP) is 3.95. The molecular weight excluding hydrogens is 586 g/mol. The van der Waals surface area contributed by atoms with E-state index in [9.17, 15) is 24.3 Å². The van der Waals surface area contributed by atoms with Gasteiger partial charge in [0, 0.05) is 18.5 Å². The molecule has 1 aromatic rings. The quantitative estimate of drug-likeness (QED) is 0.220. The third-order valence-electron chi connectivity index (χ3n) is 9.47. The lowest BCUT2D eigenvalue weighted by atomic mass is 9.70. The molecule has 2 N–H and O–H groups in total. The van der Waals surface area contributed by atoms with E-state index < -0.39 is 53.2 Å². The Balaban J connectivity index is 1.70. The summed E-state index contributed by atoms with van der Waals surface area (Å²) in [4.78, 5) is 58.9. The molecule has 0 radical (unpaired) electrons. The number of aliphatic hydroxyl groups is 1. The fourth-order valence-electron chi connectivity index (χ4n) is 7.46. The van der Waals surface area contributed by atoms with E-state index in [2.05, 4.69) is 18.5 Å². The van der Waals surface area contributed by atoms with E-state index in [-0.39, 0.29) is 49.8 Å². The highest BCUT2D eigenvalue weighted by atomic mass is 16.6. The number of hydrogen-bond donors (Lipinski definition) is 2. The molecule has 10 heteroatoms. The monoisotopic (exact) mass is 637 g/mol. The zero-order valence-corrected chi connectivity index (χ0v) is 27.9. The fourth-order valence-corrected chi connectivity index (χ4v) is 7.46. The maximum absolute atomic E-state index is 14.6. The molecule has 10 nitrogen and oxygen atoms in total. The van der Waals surface area contributed by atoms with Crippen molar-refractivity contribution in [3.63, 3.8) is 0 Å². The standard InChI is InChI=1S/C36H51N3O7/c1-8-10-16-28(41)37-21-27(24-14-12-11-13-15-24)45-34(44)29-26-17-18-36(46-26)30(29)32(42)39(25(22-40)20-23(3)4)31(36)33(43)38(19-9-2)35(5,6)7/h8-9,11-15,23,25-27,29-31,40H,1-2,10,16-22H2,3-7H3,(H,37,41)/t25-,26-,27+,29+,30+,31-,36+/m1/s1. The molecule has 0 unspecified atom stereocenters. The molecule has 46 heavy (non-hydrogen) atoms. The SMILES string of the molecule is C=CCCC(=O)NC[C@H](OC(=O)[C@@H]1[C@H]2C(=O)N([C@@H](CO)CC(C)C)[C@H](C(=O)N(CC=C)C(C)(C)C)[C@]23CC[C@H]1O3)c1ccccc1. The normalized spacial score (nSPS) is 26.4. The number of ether oxygens (including phenoxy) is 2. The van der Waals surface area contributed by atoms with Crippen LogP contribution < -0.4 is 5.32 Å². The number of aliphatic hydroxyl groups excluding tert-OH is 1. The number of fused-ring (bicyclic) bond motifs is 1. The van der Waals surface area contributed by atoms with Gasteiger partial charge in [0.25, 0.3) is 0 Å². The Hall–Kier alpha value is -3.50. The lowest BCUT2D eigenvalue weighted by Gasteiger charge is -2.43. The van der Waals surface area contributed by atoms with Gasteiger partial charge in [0.15, 0.2) is 0 Å². The molecule has 3 aliphatic heterocycles. The molecule has 1 aromatic carbocycles. The van der Waals surface area contributed by atoms with Gasteiger partial charge in [-0.2, -0.15) is 0 Å². The van der Waals surface area contributed by atoms with Crippen LogP contribution in [0.2, 0.25) is 0 Å². The van der Waals surface area contributed by atoms with Gasteiger partial charge in [0.1, 0.15) is 17.7 Å². The lowest BCUT2D eigenvalue weighted by Crippen LogP contribution is -2.61. The number of nitrogens with one attached hydrogen (secondary N) is 1. The summed E-state index contributed by atoms with van der Waals surface area (Å²) in [5.41, 5.74) is -1.12. The first kappa shape index (κ1) is 35.4. The number of carbonyl (C=O) groups excluding carboxylic acids is 4. The van der Waals surface area contributed by atoms with E-state index in [1.807, 2.05) is 65.0 Å². The zero-order valence-electron chi connectivity index (χ0n) is 27.9. The third kappa shape index (κ3) is 6.93. The second-order valence-electron chi connectivity index (χ2n) is 14.1. The van der Waals surface area contributed by atoms with Gasteiger partial charge in [0.05, 0.1) is 37.1 Å². The van der Waals surface area contributed by atoms with Gasteiger partial charge in [-0.25, -0.2) is 0 Å². The maximum atomic E-state index is 14.6. The molecule has 3 fully saturated rings. The second kappa shape index (κ2) is 14.5. The average Bonchev–Trinajstić information content (AvgIpc) is 3.66. The summed E-state index contributed by atoms with van der Waals surface area (Å²) in [7, 11) is 0. The molecule has 3 amide bonds. The molecule has 3 heterocycles. The van der Waals surface area contributed by atoms with Crippen molar-refractivity contribution in [3.05, 3.63) is 61.2 Å². The molecule has 252 valence electrons. The number of nitrogens with zero attached hydrogens (tertiary/aromatic N) is 2. The van der Waals surface area contributed by atoms with Crippen molar-refractivity contribution >= 4 is 23.7 Å². The summed E-state index contributed by atoms with van der Waals surface area (Å²) < 4.78 is 12.7. The largest absolute Gasteiger partial charge is 0.455 e. The van der Waals surface area contributed by atoms with E-state index in [4.69, 9.17) is 9.47 Å². The van der Waals surface area contributed by atoms with Gasteiger partial charge in [-0.15, -0.1) is 13.2 Å². The lowest BCUT2D eigenvalue weighted by molar-refractivity contribution is -0.161. The van der Waals surface area contributed by atoms with E-state index in [1.165, 1.54) is 4.90 Å². The molecule has 3 saturated heterocycles. The average molecular weight is 638 g/mol. The van der Waals surface area contributed by atoms with E-state index in [0.717, 1.165) is 0 Å². The Kier molecular flexibility index (Phi) is 11.2.